The molecule has 2 unspecified atom stereocenters. The summed E-state index contributed by atoms with van der Waals surface area (Å²) in [6, 6.07) is 4.00. The zero-order chi connectivity index (χ0) is 14.0. The SMILES string of the molecule is CCCC1CC1Nc1nc(C(F)(F)F)ccc1C#N. The van der Waals surface area contributed by atoms with Crippen molar-refractivity contribution >= 4 is 5.82 Å². The number of anilines is 1. The van der Waals surface area contributed by atoms with Gasteiger partial charge in [-0.05, 0) is 30.9 Å². The second-order valence-corrected chi connectivity index (χ2v) is 4.74. The summed E-state index contributed by atoms with van der Waals surface area (Å²) in [5.74, 6) is 0.522. The van der Waals surface area contributed by atoms with Crippen LogP contribution in [0, 0.1) is 17.2 Å². The molecule has 1 N–H and O–H groups in total. The van der Waals surface area contributed by atoms with Crippen molar-refractivity contribution in [1.82, 2.24) is 4.98 Å². The van der Waals surface area contributed by atoms with E-state index in [4.69, 9.17) is 5.26 Å². The average Bonchev–Trinajstić information content (AvgIpc) is 3.06. The Morgan fingerprint density at radius 1 is 1.47 bits per heavy atom. The molecule has 0 spiro atoms. The molecule has 0 aromatic carbocycles. The van der Waals surface area contributed by atoms with Gasteiger partial charge in [-0.2, -0.15) is 18.4 Å². The summed E-state index contributed by atoms with van der Waals surface area (Å²) in [4.78, 5) is 3.53. The predicted octanol–water partition coefficient (Wildman–Crippen LogP) is 3.57. The maximum absolute atomic E-state index is 12.6. The molecule has 1 saturated carbocycles. The van der Waals surface area contributed by atoms with Gasteiger partial charge in [0.2, 0.25) is 0 Å². The van der Waals surface area contributed by atoms with E-state index in [2.05, 4.69) is 17.2 Å². The summed E-state index contributed by atoms with van der Waals surface area (Å²) >= 11 is 0. The Labute approximate surface area is 109 Å². The van der Waals surface area contributed by atoms with Crippen LogP contribution >= 0.6 is 0 Å². The Morgan fingerprint density at radius 2 is 2.21 bits per heavy atom. The van der Waals surface area contributed by atoms with E-state index in [0.29, 0.717) is 5.92 Å². The highest BCUT2D eigenvalue weighted by Gasteiger charge is 2.38. The molecule has 1 aromatic heterocycles. The molecular weight excluding hydrogens is 255 g/mol. The monoisotopic (exact) mass is 269 g/mol. The van der Waals surface area contributed by atoms with Crippen molar-refractivity contribution in [3.8, 4) is 6.07 Å². The first-order chi connectivity index (χ1) is 8.95. The van der Waals surface area contributed by atoms with Crippen LogP contribution in [0.5, 0.6) is 0 Å². The molecule has 1 aliphatic rings. The fraction of sp³-hybridized carbons (Fsp3) is 0.538. The number of alkyl halides is 3. The molecular formula is C13H14F3N3. The van der Waals surface area contributed by atoms with Gasteiger partial charge < -0.3 is 5.32 Å². The van der Waals surface area contributed by atoms with Crippen LogP contribution in [0.15, 0.2) is 12.1 Å². The number of hydrogen-bond donors (Lipinski definition) is 1. The largest absolute Gasteiger partial charge is 0.433 e. The first-order valence-electron chi connectivity index (χ1n) is 6.20. The molecule has 1 heterocycles. The van der Waals surface area contributed by atoms with E-state index in [1.807, 2.05) is 6.07 Å². The lowest BCUT2D eigenvalue weighted by atomic mass is 10.2. The molecule has 0 amide bonds. The second-order valence-electron chi connectivity index (χ2n) is 4.74. The Balaban J connectivity index is 2.17. The summed E-state index contributed by atoms with van der Waals surface area (Å²) in [5.41, 5.74) is -0.822. The van der Waals surface area contributed by atoms with E-state index in [9.17, 15) is 13.2 Å². The van der Waals surface area contributed by atoms with Crippen LogP contribution in [0.2, 0.25) is 0 Å². The van der Waals surface area contributed by atoms with E-state index in [-0.39, 0.29) is 17.4 Å². The molecule has 0 bridgehead atoms. The Hall–Kier alpha value is -1.77. The van der Waals surface area contributed by atoms with Crippen LogP contribution < -0.4 is 5.32 Å². The zero-order valence-corrected chi connectivity index (χ0v) is 10.5. The number of aromatic nitrogens is 1. The number of nitriles is 1. The molecule has 1 fully saturated rings. The van der Waals surface area contributed by atoms with E-state index < -0.39 is 11.9 Å². The number of nitrogens with zero attached hydrogens (tertiary/aromatic N) is 2. The second kappa shape index (κ2) is 5.08. The van der Waals surface area contributed by atoms with Crippen molar-refractivity contribution in [2.24, 2.45) is 5.92 Å². The first kappa shape index (κ1) is 13.7. The number of rotatable bonds is 4. The van der Waals surface area contributed by atoms with Crippen molar-refractivity contribution in [2.45, 2.75) is 38.4 Å². The molecule has 1 aliphatic carbocycles. The Bertz CT molecular complexity index is 505. The van der Waals surface area contributed by atoms with E-state index >= 15 is 0 Å². The van der Waals surface area contributed by atoms with Gasteiger partial charge in [-0.15, -0.1) is 0 Å². The molecule has 3 nitrogen and oxygen atoms in total. The topological polar surface area (TPSA) is 48.7 Å². The van der Waals surface area contributed by atoms with Crippen LogP contribution in [-0.2, 0) is 6.18 Å². The molecule has 0 saturated heterocycles. The third kappa shape index (κ3) is 3.16. The van der Waals surface area contributed by atoms with Gasteiger partial charge in [0.1, 0.15) is 17.6 Å². The van der Waals surface area contributed by atoms with Crippen molar-refractivity contribution in [1.29, 1.82) is 5.26 Å². The van der Waals surface area contributed by atoms with Gasteiger partial charge in [0.25, 0.3) is 0 Å². The molecule has 6 heteroatoms. The van der Waals surface area contributed by atoms with Gasteiger partial charge in [-0.25, -0.2) is 4.98 Å². The van der Waals surface area contributed by atoms with Gasteiger partial charge in [-0.3, -0.25) is 0 Å². The van der Waals surface area contributed by atoms with E-state index in [1.54, 1.807) is 0 Å². The van der Waals surface area contributed by atoms with Crippen LogP contribution in [0.25, 0.3) is 0 Å². The molecule has 2 atom stereocenters. The van der Waals surface area contributed by atoms with Gasteiger partial charge >= 0.3 is 6.18 Å². The highest BCUT2D eigenvalue weighted by atomic mass is 19.4. The molecule has 0 radical (unpaired) electrons. The summed E-state index contributed by atoms with van der Waals surface area (Å²) in [6.07, 6.45) is -1.48. The smallest absolute Gasteiger partial charge is 0.366 e. The lowest BCUT2D eigenvalue weighted by Gasteiger charge is -2.11. The molecule has 2 rings (SSSR count). The van der Waals surface area contributed by atoms with Crippen molar-refractivity contribution < 1.29 is 13.2 Å². The minimum Gasteiger partial charge on any atom is -0.366 e. The lowest BCUT2D eigenvalue weighted by molar-refractivity contribution is -0.141. The van der Waals surface area contributed by atoms with Gasteiger partial charge in [0, 0.05) is 6.04 Å². The molecule has 102 valence electrons. The molecule has 0 aliphatic heterocycles. The number of nitrogens with one attached hydrogen (secondary N) is 1. The predicted molar refractivity (Wildman–Crippen MR) is 64.4 cm³/mol. The molecule has 19 heavy (non-hydrogen) atoms. The van der Waals surface area contributed by atoms with Crippen LogP contribution in [0.3, 0.4) is 0 Å². The highest BCUT2D eigenvalue weighted by molar-refractivity contribution is 5.53. The zero-order valence-electron chi connectivity index (χ0n) is 10.5. The molecule has 1 aromatic rings. The van der Waals surface area contributed by atoms with E-state index in [1.165, 1.54) is 0 Å². The summed E-state index contributed by atoms with van der Waals surface area (Å²) < 4.78 is 37.7. The van der Waals surface area contributed by atoms with Gasteiger partial charge in [0.15, 0.2) is 0 Å². The van der Waals surface area contributed by atoms with Gasteiger partial charge in [-0.1, -0.05) is 13.3 Å². The first-order valence-corrected chi connectivity index (χ1v) is 6.20. The maximum atomic E-state index is 12.6. The van der Waals surface area contributed by atoms with Crippen LogP contribution in [0.1, 0.15) is 37.4 Å². The third-order valence-electron chi connectivity index (χ3n) is 3.21. The average molecular weight is 269 g/mol. The minimum absolute atomic E-state index is 0.0425. The van der Waals surface area contributed by atoms with Crippen LogP contribution in [0.4, 0.5) is 19.0 Å². The highest BCUT2D eigenvalue weighted by Crippen LogP contribution is 2.38. The fourth-order valence-corrected chi connectivity index (χ4v) is 2.11. The van der Waals surface area contributed by atoms with Crippen molar-refractivity contribution in [3.63, 3.8) is 0 Å². The number of pyridine rings is 1. The van der Waals surface area contributed by atoms with Crippen LogP contribution in [-0.4, -0.2) is 11.0 Å². The summed E-state index contributed by atoms with van der Waals surface area (Å²) in [6.45, 7) is 2.07. The minimum atomic E-state index is -4.49. The third-order valence-corrected chi connectivity index (χ3v) is 3.21. The standard InChI is InChI=1S/C13H14F3N3/c1-2-3-8-6-10(8)18-12-9(7-17)4-5-11(19-12)13(14,15)16/h4-5,8,10H,2-3,6H2,1H3,(H,18,19). The fourth-order valence-electron chi connectivity index (χ4n) is 2.11. The Kier molecular flexibility index (Phi) is 3.65. The van der Waals surface area contributed by atoms with E-state index in [0.717, 1.165) is 31.4 Å². The maximum Gasteiger partial charge on any atom is 0.433 e. The van der Waals surface area contributed by atoms with Crippen molar-refractivity contribution in [3.05, 3.63) is 23.4 Å². The summed E-state index contributed by atoms with van der Waals surface area (Å²) in [7, 11) is 0. The number of hydrogen-bond acceptors (Lipinski definition) is 3. The quantitative estimate of drug-likeness (QED) is 0.909. The van der Waals surface area contributed by atoms with Crippen molar-refractivity contribution in [2.75, 3.05) is 5.32 Å². The Morgan fingerprint density at radius 3 is 2.79 bits per heavy atom. The normalized spacial score (nSPS) is 21.8. The van der Waals surface area contributed by atoms with Gasteiger partial charge in [0.05, 0.1) is 5.56 Å². The number of halogens is 3. The summed E-state index contributed by atoms with van der Waals surface area (Å²) in [5, 5.41) is 11.9. The lowest BCUT2D eigenvalue weighted by Crippen LogP contribution is -2.13.